The van der Waals surface area contributed by atoms with Gasteiger partial charge >= 0.3 is 5.97 Å². The van der Waals surface area contributed by atoms with Crippen LogP contribution in [0.2, 0.25) is 0 Å². The van der Waals surface area contributed by atoms with Crippen LogP contribution in [0.1, 0.15) is 40.5 Å². The van der Waals surface area contributed by atoms with Gasteiger partial charge < -0.3 is 18.8 Å². The number of benzene rings is 1. The van der Waals surface area contributed by atoms with Crippen LogP contribution < -0.4 is 0 Å². The van der Waals surface area contributed by atoms with E-state index >= 15 is 0 Å². The molecule has 2 rings (SSSR count). The van der Waals surface area contributed by atoms with Crippen molar-refractivity contribution in [1.82, 2.24) is 9.55 Å². The molecule has 0 spiro atoms. The summed E-state index contributed by atoms with van der Waals surface area (Å²) < 4.78 is 17.3. The lowest BCUT2D eigenvalue weighted by Crippen LogP contribution is -2.13. The number of hydrogen-bond acceptors (Lipinski definition) is 5. The van der Waals surface area contributed by atoms with Crippen molar-refractivity contribution in [3.63, 3.8) is 0 Å². The molecule has 0 atom stereocenters. The van der Waals surface area contributed by atoms with Crippen LogP contribution in [0, 0.1) is 6.92 Å². The monoisotopic (exact) mass is 318 g/mol. The van der Waals surface area contributed by atoms with Crippen LogP contribution in [0.15, 0.2) is 30.6 Å². The summed E-state index contributed by atoms with van der Waals surface area (Å²) >= 11 is 0. The van der Waals surface area contributed by atoms with Crippen molar-refractivity contribution >= 4 is 5.97 Å². The molecule has 2 aromatic rings. The minimum Gasteiger partial charge on any atom is -0.461 e. The van der Waals surface area contributed by atoms with Crippen molar-refractivity contribution in [3.8, 4) is 0 Å². The average Bonchev–Trinajstić information content (AvgIpc) is 2.91. The Morgan fingerprint density at radius 3 is 2.43 bits per heavy atom. The number of rotatable bonds is 7. The Morgan fingerprint density at radius 1 is 1.22 bits per heavy atom. The van der Waals surface area contributed by atoms with E-state index in [1.54, 1.807) is 39.0 Å². The number of aryl methyl sites for hydroxylation is 1. The van der Waals surface area contributed by atoms with Gasteiger partial charge in [-0.1, -0.05) is 24.3 Å². The van der Waals surface area contributed by atoms with Gasteiger partial charge in [-0.05, 0) is 19.4 Å². The highest BCUT2D eigenvalue weighted by Gasteiger charge is 2.17. The summed E-state index contributed by atoms with van der Waals surface area (Å²) in [4.78, 5) is 16.3. The number of carbonyl (C=O) groups is 1. The molecule has 6 heteroatoms. The summed E-state index contributed by atoms with van der Waals surface area (Å²) in [6.07, 6.45) is 1.28. The van der Waals surface area contributed by atoms with Gasteiger partial charge in [0.2, 0.25) is 0 Å². The molecule has 0 aliphatic carbocycles. The molecule has 1 aromatic heterocycles. The second kappa shape index (κ2) is 7.89. The highest BCUT2D eigenvalue weighted by molar-refractivity contribution is 5.88. The highest BCUT2D eigenvalue weighted by Crippen LogP contribution is 2.19. The lowest BCUT2D eigenvalue weighted by molar-refractivity contribution is -0.106. The summed E-state index contributed by atoms with van der Waals surface area (Å²) in [5.41, 5.74) is 3.13. The van der Waals surface area contributed by atoms with Crippen LogP contribution in [0.5, 0.6) is 0 Å². The largest absolute Gasteiger partial charge is 0.461 e. The second-order valence-electron chi connectivity index (χ2n) is 5.07. The van der Waals surface area contributed by atoms with E-state index in [9.17, 15) is 4.79 Å². The Bertz CT molecular complexity index is 645. The molecule has 0 aliphatic heterocycles. The predicted octanol–water partition coefficient (Wildman–Crippen LogP) is 2.71. The van der Waals surface area contributed by atoms with E-state index in [0.717, 1.165) is 11.1 Å². The molecule has 23 heavy (non-hydrogen) atoms. The number of methoxy groups -OCH3 is 2. The Morgan fingerprint density at radius 2 is 1.87 bits per heavy atom. The fraction of sp³-hybridized carbons (Fsp3) is 0.412. The number of imidazole rings is 1. The van der Waals surface area contributed by atoms with Gasteiger partial charge in [0.1, 0.15) is 0 Å². The number of nitrogens with zero attached hydrogens (tertiary/aromatic N) is 2. The molecule has 0 aliphatic rings. The van der Waals surface area contributed by atoms with E-state index < -0.39 is 0 Å². The van der Waals surface area contributed by atoms with Gasteiger partial charge in [0.15, 0.2) is 12.0 Å². The molecule has 0 amide bonds. The fourth-order valence-electron chi connectivity index (χ4n) is 2.41. The molecule has 0 N–H and O–H groups in total. The lowest BCUT2D eigenvalue weighted by Gasteiger charge is -2.14. The minimum atomic E-state index is -0.380. The number of hydrogen-bond donors (Lipinski definition) is 0. The number of esters is 1. The Hall–Kier alpha value is -2.18. The maximum absolute atomic E-state index is 12.0. The zero-order valence-corrected chi connectivity index (χ0v) is 13.9. The standard InChI is InChI=1S/C17H22N2O4/c1-5-23-16(20)15-12(2)18-11-19(15)10-13-6-8-14(9-7-13)17(21-3)22-4/h6-9,11,17H,5,10H2,1-4H3. The SMILES string of the molecule is CCOC(=O)c1c(C)ncn1Cc1ccc(C(OC)OC)cc1. The van der Waals surface area contributed by atoms with Crippen LogP contribution in [0.25, 0.3) is 0 Å². The Balaban J connectivity index is 2.18. The molecular weight excluding hydrogens is 296 g/mol. The lowest BCUT2D eigenvalue weighted by atomic mass is 10.1. The van der Waals surface area contributed by atoms with E-state index in [1.807, 2.05) is 24.3 Å². The van der Waals surface area contributed by atoms with E-state index in [2.05, 4.69) is 4.98 Å². The maximum Gasteiger partial charge on any atom is 0.356 e. The molecule has 0 fully saturated rings. The minimum absolute atomic E-state index is 0.341. The molecule has 0 saturated heterocycles. The van der Waals surface area contributed by atoms with Crippen molar-refractivity contribution in [3.05, 3.63) is 53.1 Å². The quantitative estimate of drug-likeness (QED) is 0.580. The van der Waals surface area contributed by atoms with E-state index in [0.29, 0.717) is 24.5 Å². The third-order valence-corrected chi connectivity index (χ3v) is 3.52. The van der Waals surface area contributed by atoms with Crippen LogP contribution in [-0.4, -0.2) is 36.3 Å². The van der Waals surface area contributed by atoms with Gasteiger partial charge in [0.25, 0.3) is 0 Å². The van der Waals surface area contributed by atoms with Gasteiger partial charge in [-0.2, -0.15) is 0 Å². The second-order valence-corrected chi connectivity index (χ2v) is 5.07. The van der Waals surface area contributed by atoms with Crippen molar-refractivity contribution in [2.45, 2.75) is 26.7 Å². The van der Waals surface area contributed by atoms with Gasteiger partial charge in [-0.3, -0.25) is 0 Å². The normalized spacial score (nSPS) is 11.0. The third-order valence-electron chi connectivity index (χ3n) is 3.52. The van der Waals surface area contributed by atoms with E-state index in [-0.39, 0.29) is 12.3 Å². The first-order valence-corrected chi connectivity index (χ1v) is 7.44. The topological polar surface area (TPSA) is 62.6 Å². The zero-order chi connectivity index (χ0) is 16.8. The first-order valence-electron chi connectivity index (χ1n) is 7.44. The summed E-state index contributed by atoms with van der Waals surface area (Å²) in [6, 6.07) is 7.84. The third kappa shape index (κ3) is 3.97. The summed E-state index contributed by atoms with van der Waals surface area (Å²) in [5, 5.41) is 0. The van der Waals surface area contributed by atoms with Crippen molar-refractivity contribution in [2.75, 3.05) is 20.8 Å². The fourth-order valence-corrected chi connectivity index (χ4v) is 2.41. The van der Waals surface area contributed by atoms with Crippen LogP contribution in [0.3, 0.4) is 0 Å². The smallest absolute Gasteiger partial charge is 0.356 e. The van der Waals surface area contributed by atoms with Crippen molar-refractivity contribution < 1.29 is 19.0 Å². The molecule has 0 unspecified atom stereocenters. The van der Waals surface area contributed by atoms with Gasteiger partial charge in [0, 0.05) is 26.3 Å². The first kappa shape index (κ1) is 17.2. The van der Waals surface area contributed by atoms with Crippen molar-refractivity contribution in [2.24, 2.45) is 0 Å². The highest BCUT2D eigenvalue weighted by atomic mass is 16.7. The summed E-state index contributed by atoms with van der Waals surface area (Å²) in [6.45, 7) is 4.47. The van der Waals surface area contributed by atoms with Crippen LogP contribution >= 0.6 is 0 Å². The molecule has 1 heterocycles. The number of ether oxygens (including phenoxy) is 3. The predicted molar refractivity (Wildman–Crippen MR) is 85.2 cm³/mol. The summed E-state index contributed by atoms with van der Waals surface area (Å²) in [5.74, 6) is -0.349. The van der Waals surface area contributed by atoms with Gasteiger partial charge in [-0.15, -0.1) is 0 Å². The average molecular weight is 318 g/mol. The summed E-state index contributed by atoms with van der Waals surface area (Å²) in [7, 11) is 3.20. The zero-order valence-electron chi connectivity index (χ0n) is 13.9. The first-order chi connectivity index (χ1) is 11.1. The Kier molecular flexibility index (Phi) is 5.90. The maximum atomic E-state index is 12.0. The molecule has 0 bridgehead atoms. The van der Waals surface area contributed by atoms with E-state index in [1.165, 1.54) is 0 Å². The van der Waals surface area contributed by atoms with E-state index in [4.69, 9.17) is 14.2 Å². The molecule has 124 valence electrons. The molecule has 1 aromatic carbocycles. The molecular formula is C17H22N2O4. The van der Waals surface area contributed by atoms with Crippen LogP contribution in [0.4, 0.5) is 0 Å². The molecule has 0 saturated carbocycles. The van der Waals surface area contributed by atoms with Gasteiger partial charge in [0.05, 0.1) is 18.6 Å². The van der Waals surface area contributed by atoms with Crippen molar-refractivity contribution in [1.29, 1.82) is 0 Å². The molecule has 6 nitrogen and oxygen atoms in total. The van der Waals surface area contributed by atoms with Crippen LogP contribution in [-0.2, 0) is 20.8 Å². The molecule has 0 radical (unpaired) electrons. The number of carbonyl (C=O) groups excluding carboxylic acids is 1. The van der Waals surface area contributed by atoms with Gasteiger partial charge in [-0.25, -0.2) is 9.78 Å². The Labute approximate surface area is 136 Å². The number of aromatic nitrogens is 2.